The number of unbranched alkanes of at least 4 members (excludes halogenated alkanes) is 1. The van der Waals surface area contributed by atoms with E-state index in [1.54, 1.807) is 38.2 Å². The number of hydrogen-bond acceptors (Lipinski definition) is 6. The van der Waals surface area contributed by atoms with Gasteiger partial charge in [0, 0.05) is 37.2 Å². The second-order valence-electron chi connectivity index (χ2n) is 10.5. The highest BCUT2D eigenvalue weighted by Crippen LogP contribution is 2.38. The number of carbonyl (C=O) groups is 2. The van der Waals surface area contributed by atoms with Crippen LogP contribution in [0.5, 0.6) is 5.75 Å². The SMILES string of the molecule is CC(=O)OC(C)(C)C(=O)N(C)CCCCOc1ccccc1C(C)N(c1cc(F)ccc1F)S(=O)(=O)c1ccc(Cl)cc1. The Hall–Kier alpha value is -3.70. The standard InChI is InChI=1S/C31H35ClF2N2O6S/c1-21(36(28-20-24(33)14-17-27(28)34)43(39,40)25-15-12-23(32)13-16-25)26-10-6-7-11-29(26)41-19-9-8-18-35(5)30(38)31(3,4)42-22(2)37/h6-7,10-17,20-21H,8-9,18-19H2,1-5H3. The van der Waals surface area contributed by atoms with E-state index in [9.17, 15) is 22.4 Å². The van der Waals surface area contributed by atoms with Crippen LogP contribution < -0.4 is 9.04 Å². The van der Waals surface area contributed by atoms with Gasteiger partial charge >= 0.3 is 5.97 Å². The molecule has 0 fully saturated rings. The number of hydrogen-bond donors (Lipinski definition) is 0. The molecular weight excluding hydrogens is 602 g/mol. The maximum atomic E-state index is 15.1. The fourth-order valence-electron chi connectivity index (χ4n) is 4.60. The molecule has 1 unspecified atom stereocenters. The Balaban J connectivity index is 1.81. The highest BCUT2D eigenvalue weighted by atomic mass is 35.5. The zero-order valence-electron chi connectivity index (χ0n) is 24.6. The maximum Gasteiger partial charge on any atom is 0.303 e. The lowest BCUT2D eigenvalue weighted by molar-refractivity contribution is -0.167. The number of sulfonamides is 1. The van der Waals surface area contributed by atoms with Gasteiger partial charge in [-0.2, -0.15) is 0 Å². The third-order valence-corrected chi connectivity index (χ3v) is 8.79. The van der Waals surface area contributed by atoms with Gasteiger partial charge in [0.15, 0.2) is 5.60 Å². The average molecular weight is 637 g/mol. The first kappa shape index (κ1) is 33.8. The van der Waals surface area contributed by atoms with Gasteiger partial charge in [-0.3, -0.25) is 13.9 Å². The molecule has 0 saturated heterocycles. The van der Waals surface area contributed by atoms with Crippen LogP contribution in [0, 0.1) is 11.6 Å². The molecule has 232 valence electrons. The molecule has 0 heterocycles. The van der Waals surface area contributed by atoms with E-state index in [1.807, 2.05) is 0 Å². The molecule has 0 aromatic heterocycles. The third kappa shape index (κ3) is 8.45. The molecule has 0 saturated carbocycles. The molecule has 1 amide bonds. The van der Waals surface area contributed by atoms with Crippen molar-refractivity contribution in [1.82, 2.24) is 4.90 Å². The normalized spacial score (nSPS) is 12.4. The minimum absolute atomic E-state index is 0.152. The van der Waals surface area contributed by atoms with Crippen molar-refractivity contribution in [3.8, 4) is 5.75 Å². The van der Waals surface area contributed by atoms with Crippen molar-refractivity contribution in [2.24, 2.45) is 0 Å². The number of esters is 1. The molecule has 0 aliphatic carbocycles. The first-order valence-corrected chi connectivity index (χ1v) is 15.4. The number of rotatable bonds is 13. The summed E-state index contributed by atoms with van der Waals surface area (Å²) in [6.45, 7) is 6.48. The van der Waals surface area contributed by atoms with Crippen LogP contribution >= 0.6 is 11.6 Å². The van der Waals surface area contributed by atoms with Gasteiger partial charge < -0.3 is 14.4 Å². The number of benzene rings is 3. The molecule has 43 heavy (non-hydrogen) atoms. The number of anilines is 1. The minimum atomic E-state index is -4.40. The minimum Gasteiger partial charge on any atom is -0.493 e. The van der Waals surface area contributed by atoms with E-state index in [4.69, 9.17) is 21.1 Å². The summed E-state index contributed by atoms with van der Waals surface area (Å²) < 4.78 is 69.1. The van der Waals surface area contributed by atoms with Crippen LogP contribution in [0.3, 0.4) is 0 Å². The van der Waals surface area contributed by atoms with E-state index < -0.39 is 45.0 Å². The second kappa shape index (κ2) is 14.2. The molecule has 12 heteroatoms. The monoisotopic (exact) mass is 636 g/mol. The quantitative estimate of drug-likeness (QED) is 0.156. The van der Waals surface area contributed by atoms with Crippen molar-refractivity contribution in [3.05, 3.63) is 89.0 Å². The Morgan fingerprint density at radius 2 is 1.65 bits per heavy atom. The first-order chi connectivity index (χ1) is 20.1. The molecule has 3 aromatic carbocycles. The molecule has 0 N–H and O–H groups in total. The molecule has 0 aliphatic rings. The Bertz CT molecular complexity index is 1550. The van der Waals surface area contributed by atoms with Crippen molar-refractivity contribution in [3.63, 3.8) is 0 Å². The zero-order chi connectivity index (χ0) is 31.9. The summed E-state index contributed by atoms with van der Waals surface area (Å²) in [5.41, 5.74) is -1.31. The van der Waals surface area contributed by atoms with Gasteiger partial charge in [0.25, 0.3) is 15.9 Å². The summed E-state index contributed by atoms with van der Waals surface area (Å²) in [5, 5.41) is 0.317. The van der Waals surface area contributed by atoms with E-state index in [0.29, 0.717) is 35.7 Å². The van der Waals surface area contributed by atoms with E-state index in [2.05, 4.69) is 0 Å². The lowest BCUT2D eigenvalue weighted by Crippen LogP contribution is -2.46. The van der Waals surface area contributed by atoms with Crippen LogP contribution in [0.15, 0.2) is 71.6 Å². The second-order valence-corrected chi connectivity index (χ2v) is 12.7. The highest BCUT2D eigenvalue weighted by Gasteiger charge is 2.35. The summed E-state index contributed by atoms with van der Waals surface area (Å²) in [6, 6.07) is 13.7. The molecule has 0 spiro atoms. The van der Waals surface area contributed by atoms with Crippen molar-refractivity contribution < 1.29 is 36.3 Å². The van der Waals surface area contributed by atoms with Crippen molar-refractivity contribution >= 4 is 39.2 Å². The largest absolute Gasteiger partial charge is 0.493 e. The highest BCUT2D eigenvalue weighted by molar-refractivity contribution is 7.92. The van der Waals surface area contributed by atoms with Crippen molar-refractivity contribution in [2.75, 3.05) is 24.5 Å². The van der Waals surface area contributed by atoms with Gasteiger partial charge in [-0.25, -0.2) is 17.2 Å². The zero-order valence-corrected chi connectivity index (χ0v) is 26.2. The number of likely N-dealkylation sites (N-methyl/N-ethyl adjacent to an activating group) is 1. The van der Waals surface area contributed by atoms with Gasteiger partial charge in [-0.05, 0) is 76.1 Å². The molecule has 0 radical (unpaired) electrons. The summed E-state index contributed by atoms with van der Waals surface area (Å²) in [5.74, 6) is -2.24. The predicted molar refractivity (Wildman–Crippen MR) is 161 cm³/mol. The number of ether oxygens (including phenoxy) is 2. The molecule has 8 nitrogen and oxygen atoms in total. The molecule has 3 rings (SSSR count). The Labute approximate surface area is 256 Å². The molecule has 0 bridgehead atoms. The van der Waals surface area contributed by atoms with Gasteiger partial charge in [-0.1, -0.05) is 29.8 Å². The number of nitrogens with zero attached hydrogens (tertiary/aromatic N) is 2. The molecular formula is C31H35ClF2N2O6S. The topological polar surface area (TPSA) is 93.2 Å². The van der Waals surface area contributed by atoms with E-state index in [0.717, 1.165) is 22.5 Å². The van der Waals surface area contributed by atoms with Crippen LogP contribution in [0.2, 0.25) is 5.02 Å². The summed E-state index contributed by atoms with van der Waals surface area (Å²) in [7, 11) is -2.78. The van der Waals surface area contributed by atoms with Gasteiger partial charge in [-0.15, -0.1) is 0 Å². The number of halogens is 3. The smallest absolute Gasteiger partial charge is 0.303 e. The van der Waals surface area contributed by atoms with E-state index >= 15 is 4.39 Å². The number of carbonyl (C=O) groups excluding carboxylic acids is 2. The van der Waals surface area contributed by atoms with Crippen LogP contribution in [-0.4, -0.2) is 51.0 Å². The van der Waals surface area contributed by atoms with Crippen LogP contribution in [-0.2, 0) is 24.3 Å². The van der Waals surface area contributed by atoms with E-state index in [1.165, 1.54) is 49.9 Å². The van der Waals surface area contributed by atoms with Crippen molar-refractivity contribution in [1.29, 1.82) is 0 Å². The molecule has 0 aliphatic heterocycles. The Morgan fingerprint density at radius 1 is 1.00 bits per heavy atom. The maximum absolute atomic E-state index is 15.1. The predicted octanol–water partition coefficient (Wildman–Crippen LogP) is 6.53. The fourth-order valence-corrected chi connectivity index (χ4v) is 6.36. The number of amides is 1. The fraction of sp³-hybridized carbons (Fsp3) is 0.355. The lowest BCUT2D eigenvalue weighted by Gasteiger charge is -2.32. The van der Waals surface area contributed by atoms with E-state index in [-0.39, 0.29) is 17.4 Å². The lowest BCUT2D eigenvalue weighted by atomic mass is 10.1. The molecule has 3 aromatic rings. The molecule has 1 atom stereocenters. The summed E-state index contributed by atoms with van der Waals surface area (Å²) >= 11 is 5.95. The van der Waals surface area contributed by atoms with Crippen LogP contribution in [0.4, 0.5) is 14.5 Å². The Kier molecular flexibility index (Phi) is 11.1. The number of para-hydroxylation sites is 1. The average Bonchev–Trinajstić information content (AvgIpc) is 2.94. The van der Waals surface area contributed by atoms with Crippen LogP contribution in [0.1, 0.15) is 52.1 Å². The van der Waals surface area contributed by atoms with Crippen LogP contribution in [0.25, 0.3) is 0 Å². The van der Waals surface area contributed by atoms with Gasteiger partial charge in [0.2, 0.25) is 0 Å². The van der Waals surface area contributed by atoms with Gasteiger partial charge in [0.1, 0.15) is 17.4 Å². The van der Waals surface area contributed by atoms with Gasteiger partial charge in [0.05, 0.1) is 23.2 Å². The summed E-state index contributed by atoms with van der Waals surface area (Å²) in [6.07, 6.45) is 1.11. The third-order valence-electron chi connectivity index (χ3n) is 6.64. The summed E-state index contributed by atoms with van der Waals surface area (Å²) in [4.78, 5) is 25.3. The first-order valence-electron chi connectivity index (χ1n) is 13.6. The van der Waals surface area contributed by atoms with Crippen molar-refractivity contribution in [2.45, 2.75) is 57.1 Å². The Morgan fingerprint density at radius 3 is 2.30 bits per heavy atom.